The van der Waals surface area contributed by atoms with Gasteiger partial charge in [0.25, 0.3) is 5.56 Å². The normalized spacial score (nSPS) is 12.2. The van der Waals surface area contributed by atoms with Crippen LogP contribution >= 0.6 is 22.9 Å². The van der Waals surface area contributed by atoms with Crippen molar-refractivity contribution in [1.82, 2.24) is 15.3 Å². The third-order valence-corrected chi connectivity index (χ3v) is 4.49. The second kappa shape index (κ2) is 6.41. The minimum Gasteiger partial charge on any atom is -0.348 e. The number of H-pyrrole nitrogens is 1. The molecule has 2 aromatic heterocycles. The Balaban J connectivity index is 2.07. The summed E-state index contributed by atoms with van der Waals surface area (Å²) in [6, 6.07) is 3.53. The lowest BCUT2D eigenvalue weighted by Crippen LogP contribution is -2.30. The Morgan fingerprint density at radius 2 is 2.19 bits per heavy atom. The number of aromatic amines is 1. The zero-order valence-electron chi connectivity index (χ0n) is 12.0. The average Bonchev–Trinajstić information content (AvgIpc) is 2.80. The van der Waals surface area contributed by atoms with Crippen molar-refractivity contribution in [2.24, 2.45) is 0 Å². The summed E-state index contributed by atoms with van der Waals surface area (Å²) in [5, 5.41) is 2.86. The van der Waals surface area contributed by atoms with Crippen LogP contribution in [0.1, 0.15) is 34.9 Å². The number of hydrogen-bond donors (Lipinski definition) is 2. The third-order valence-electron chi connectivity index (χ3n) is 3.08. The Morgan fingerprint density at radius 1 is 1.48 bits per heavy atom. The molecule has 5 nitrogen and oxygen atoms in total. The van der Waals surface area contributed by atoms with Gasteiger partial charge < -0.3 is 10.3 Å². The molecule has 0 saturated heterocycles. The van der Waals surface area contributed by atoms with Gasteiger partial charge in [-0.25, -0.2) is 4.98 Å². The van der Waals surface area contributed by atoms with Crippen LogP contribution < -0.4 is 10.9 Å². The van der Waals surface area contributed by atoms with E-state index in [1.54, 1.807) is 19.9 Å². The number of halogens is 1. The quantitative estimate of drug-likeness (QED) is 0.907. The number of carbonyl (C=O) groups is 1. The number of amides is 1. The molecular weight excluding hydrogens is 310 g/mol. The summed E-state index contributed by atoms with van der Waals surface area (Å²) < 4.78 is 0.682. The van der Waals surface area contributed by atoms with Gasteiger partial charge in [0.05, 0.1) is 16.8 Å². The fourth-order valence-electron chi connectivity index (χ4n) is 2.04. The van der Waals surface area contributed by atoms with Gasteiger partial charge in [0.1, 0.15) is 5.82 Å². The average molecular weight is 326 g/mol. The Kier molecular flexibility index (Phi) is 4.80. The zero-order valence-corrected chi connectivity index (χ0v) is 13.6. The van der Waals surface area contributed by atoms with Gasteiger partial charge in [0.2, 0.25) is 5.91 Å². The van der Waals surface area contributed by atoms with Gasteiger partial charge in [-0.15, -0.1) is 11.3 Å². The van der Waals surface area contributed by atoms with E-state index < -0.39 is 0 Å². The van der Waals surface area contributed by atoms with E-state index >= 15 is 0 Å². The molecule has 0 saturated carbocycles. The van der Waals surface area contributed by atoms with Crippen LogP contribution in [0.15, 0.2) is 16.9 Å². The molecule has 0 aromatic carbocycles. The van der Waals surface area contributed by atoms with Crippen molar-refractivity contribution in [1.29, 1.82) is 0 Å². The van der Waals surface area contributed by atoms with Gasteiger partial charge in [-0.05, 0) is 32.9 Å². The highest BCUT2D eigenvalue weighted by molar-refractivity contribution is 7.16. The Labute approximate surface area is 131 Å². The summed E-state index contributed by atoms with van der Waals surface area (Å²) in [4.78, 5) is 31.7. The summed E-state index contributed by atoms with van der Waals surface area (Å²) in [7, 11) is 0. The molecule has 1 unspecified atom stereocenters. The molecule has 21 heavy (non-hydrogen) atoms. The minimum atomic E-state index is -0.262. The summed E-state index contributed by atoms with van der Waals surface area (Å²) in [6.07, 6.45) is 0.0118. The van der Waals surface area contributed by atoms with E-state index in [2.05, 4.69) is 15.3 Å². The summed E-state index contributed by atoms with van der Waals surface area (Å²) >= 11 is 7.30. The van der Waals surface area contributed by atoms with Crippen LogP contribution in [0.2, 0.25) is 4.34 Å². The van der Waals surface area contributed by atoms with Crippen molar-refractivity contribution in [3.05, 3.63) is 48.8 Å². The molecular formula is C14H16ClN3O2S. The third kappa shape index (κ3) is 3.92. The van der Waals surface area contributed by atoms with E-state index in [1.807, 2.05) is 13.0 Å². The highest BCUT2D eigenvalue weighted by Crippen LogP contribution is 2.26. The van der Waals surface area contributed by atoms with Gasteiger partial charge in [-0.2, -0.15) is 0 Å². The molecule has 2 heterocycles. The van der Waals surface area contributed by atoms with Crippen molar-refractivity contribution < 1.29 is 4.79 Å². The standard InChI is InChI=1S/C14H16ClN3O2S/c1-7-10(14(20)18-9(3)16-7)6-13(19)17-8(2)11-4-5-12(15)21-11/h4-5,8H,6H2,1-3H3,(H,17,19)(H,16,18,20). The first-order valence-corrected chi connectivity index (χ1v) is 7.67. The van der Waals surface area contributed by atoms with Crippen LogP contribution in [0.4, 0.5) is 0 Å². The highest BCUT2D eigenvalue weighted by Gasteiger charge is 2.15. The van der Waals surface area contributed by atoms with Gasteiger partial charge in [-0.1, -0.05) is 11.6 Å². The number of rotatable bonds is 4. The van der Waals surface area contributed by atoms with Crippen LogP contribution in [0.5, 0.6) is 0 Å². The van der Waals surface area contributed by atoms with Crippen LogP contribution in [-0.2, 0) is 11.2 Å². The monoisotopic (exact) mass is 325 g/mol. The van der Waals surface area contributed by atoms with Gasteiger partial charge in [-0.3, -0.25) is 9.59 Å². The van der Waals surface area contributed by atoms with E-state index in [1.165, 1.54) is 11.3 Å². The Morgan fingerprint density at radius 3 is 2.76 bits per heavy atom. The fraction of sp³-hybridized carbons (Fsp3) is 0.357. The molecule has 0 aliphatic carbocycles. The molecule has 1 atom stereocenters. The molecule has 2 rings (SSSR count). The molecule has 0 spiro atoms. The predicted octanol–water partition coefficient (Wildman–Crippen LogP) is 2.52. The van der Waals surface area contributed by atoms with Gasteiger partial charge in [0.15, 0.2) is 0 Å². The minimum absolute atomic E-state index is 0.0118. The summed E-state index contributed by atoms with van der Waals surface area (Å²) in [6.45, 7) is 5.32. The lowest BCUT2D eigenvalue weighted by molar-refractivity contribution is -0.121. The maximum atomic E-state index is 12.1. The molecule has 0 radical (unpaired) electrons. The number of aromatic nitrogens is 2. The van der Waals surface area contributed by atoms with E-state index in [-0.39, 0.29) is 23.9 Å². The van der Waals surface area contributed by atoms with Crippen molar-refractivity contribution in [3.8, 4) is 0 Å². The highest BCUT2D eigenvalue weighted by atomic mass is 35.5. The largest absolute Gasteiger partial charge is 0.348 e. The molecule has 0 aliphatic heterocycles. The number of aryl methyl sites for hydroxylation is 2. The van der Waals surface area contributed by atoms with Crippen molar-refractivity contribution in [2.75, 3.05) is 0 Å². The second-order valence-electron chi connectivity index (χ2n) is 4.82. The summed E-state index contributed by atoms with van der Waals surface area (Å²) in [5.74, 6) is 0.328. The van der Waals surface area contributed by atoms with E-state index in [9.17, 15) is 9.59 Å². The molecule has 1 amide bonds. The number of thiophene rings is 1. The second-order valence-corrected chi connectivity index (χ2v) is 6.57. The van der Waals surface area contributed by atoms with Crippen molar-refractivity contribution in [3.63, 3.8) is 0 Å². The van der Waals surface area contributed by atoms with Crippen LogP contribution in [0.3, 0.4) is 0 Å². The molecule has 0 fully saturated rings. The molecule has 2 aromatic rings. The Bertz CT molecular complexity index is 723. The Hall–Kier alpha value is -1.66. The first-order chi connectivity index (χ1) is 9.86. The SMILES string of the molecule is Cc1nc(C)c(CC(=O)NC(C)c2ccc(Cl)s2)c(=O)[nH]1. The number of hydrogen-bond acceptors (Lipinski definition) is 4. The van der Waals surface area contributed by atoms with Crippen LogP contribution in [0, 0.1) is 13.8 Å². The van der Waals surface area contributed by atoms with Gasteiger partial charge >= 0.3 is 0 Å². The van der Waals surface area contributed by atoms with Crippen molar-refractivity contribution >= 4 is 28.8 Å². The maximum absolute atomic E-state index is 12.1. The van der Waals surface area contributed by atoms with Gasteiger partial charge in [0, 0.05) is 16.1 Å². The molecule has 112 valence electrons. The number of carbonyl (C=O) groups excluding carboxylic acids is 1. The zero-order chi connectivity index (χ0) is 15.6. The predicted molar refractivity (Wildman–Crippen MR) is 83.9 cm³/mol. The fourth-order valence-corrected chi connectivity index (χ4v) is 3.11. The smallest absolute Gasteiger partial charge is 0.254 e. The lowest BCUT2D eigenvalue weighted by Gasteiger charge is -2.12. The summed E-state index contributed by atoms with van der Waals surface area (Å²) in [5.41, 5.74) is 0.717. The molecule has 7 heteroatoms. The van der Waals surface area contributed by atoms with E-state index in [4.69, 9.17) is 11.6 Å². The molecule has 0 bridgehead atoms. The van der Waals surface area contributed by atoms with E-state index in [0.29, 0.717) is 21.4 Å². The van der Waals surface area contributed by atoms with Crippen LogP contribution in [-0.4, -0.2) is 15.9 Å². The first-order valence-electron chi connectivity index (χ1n) is 6.48. The lowest BCUT2D eigenvalue weighted by atomic mass is 10.1. The molecule has 0 aliphatic rings. The topological polar surface area (TPSA) is 74.8 Å². The van der Waals surface area contributed by atoms with E-state index in [0.717, 1.165) is 4.88 Å². The van der Waals surface area contributed by atoms with Crippen LogP contribution in [0.25, 0.3) is 0 Å². The number of nitrogens with one attached hydrogen (secondary N) is 2. The molecule has 2 N–H and O–H groups in total. The first kappa shape index (κ1) is 15.7. The maximum Gasteiger partial charge on any atom is 0.254 e. The number of nitrogens with zero attached hydrogens (tertiary/aromatic N) is 1. The van der Waals surface area contributed by atoms with Crippen molar-refractivity contribution in [2.45, 2.75) is 33.2 Å².